The van der Waals surface area contributed by atoms with E-state index in [1.807, 2.05) is 6.92 Å². The number of carbonyl (C=O) groups is 5. The SMILES string of the molecule is CC[C@H](C)[C@H](N)C(=O)N[C@@H](C)C(=O)N[C@@H](CO)C(=O)N[C@@H](CCC(N)=O)C(=O)O. The number of aliphatic hydroxyl groups excluding tert-OH is 1. The summed E-state index contributed by atoms with van der Waals surface area (Å²) in [5.41, 5.74) is 10.8. The van der Waals surface area contributed by atoms with E-state index < -0.39 is 60.4 Å². The van der Waals surface area contributed by atoms with Crippen molar-refractivity contribution < 1.29 is 34.2 Å². The summed E-state index contributed by atoms with van der Waals surface area (Å²) in [4.78, 5) is 58.4. The zero-order valence-corrected chi connectivity index (χ0v) is 16.8. The van der Waals surface area contributed by atoms with E-state index in [4.69, 9.17) is 16.6 Å². The van der Waals surface area contributed by atoms with Crippen molar-refractivity contribution in [3.63, 3.8) is 0 Å². The number of amides is 4. The Labute approximate surface area is 168 Å². The number of aliphatic carboxylic acids is 1. The third-order valence-electron chi connectivity index (χ3n) is 4.42. The Balaban J connectivity index is 4.87. The Morgan fingerprint density at radius 3 is 1.93 bits per heavy atom. The predicted octanol–water partition coefficient (Wildman–Crippen LogP) is -2.82. The summed E-state index contributed by atoms with van der Waals surface area (Å²) in [6, 6.07) is -4.74. The van der Waals surface area contributed by atoms with Gasteiger partial charge in [-0.15, -0.1) is 0 Å². The van der Waals surface area contributed by atoms with Crippen LogP contribution in [0.3, 0.4) is 0 Å². The average molecular weight is 417 g/mol. The molecule has 0 aromatic carbocycles. The number of carboxylic acids is 1. The first kappa shape index (κ1) is 26.3. The van der Waals surface area contributed by atoms with E-state index in [1.54, 1.807) is 6.92 Å². The summed E-state index contributed by atoms with van der Waals surface area (Å²) in [7, 11) is 0. The molecule has 0 saturated carbocycles. The second-order valence-electron chi connectivity index (χ2n) is 6.79. The number of hydrogen-bond acceptors (Lipinski definition) is 7. The molecule has 5 atom stereocenters. The van der Waals surface area contributed by atoms with Crippen molar-refractivity contribution in [2.45, 2.75) is 64.2 Å². The molecule has 166 valence electrons. The standard InChI is InChI=1S/C17H31N5O7/c1-4-8(2)13(19)16(27)20-9(3)14(25)22-11(7-23)15(26)21-10(17(28)29)5-6-12(18)24/h8-11,13,23H,4-7,19H2,1-3H3,(H2,18,24)(H,20,27)(H,21,26)(H,22,25)(H,28,29)/t8-,9-,10-,11-,13-/m0/s1. The normalized spacial score (nSPS) is 15.9. The lowest BCUT2D eigenvalue weighted by atomic mass is 9.99. The molecule has 0 saturated heterocycles. The summed E-state index contributed by atoms with van der Waals surface area (Å²) < 4.78 is 0. The second kappa shape index (κ2) is 12.7. The molecule has 0 aromatic heterocycles. The maximum absolute atomic E-state index is 12.2. The van der Waals surface area contributed by atoms with Gasteiger partial charge in [0.1, 0.15) is 18.1 Å². The van der Waals surface area contributed by atoms with Crippen molar-refractivity contribution in [3.8, 4) is 0 Å². The molecule has 0 spiro atoms. The molecular weight excluding hydrogens is 386 g/mol. The van der Waals surface area contributed by atoms with E-state index in [9.17, 15) is 29.1 Å². The zero-order valence-electron chi connectivity index (χ0n) is 16.8. The first-order valence-corrected chi connectivity index (χ1v) is 9.23. The Bertz CT molecular complexity index is 613. The van der Waals surface area contributed by atoms with E-state index in [0.29, 0.717) is 6.42 Å². The first-order chi connectivity index (χ1) is 13.4. The molecule has 29 heavy (non-hydrogen) atoms. The fourth-order valence-corrected chi connectivity index (χ4v) is 2.19. The van der Waals surface area contributed by atoms with Gasteiger partial charge in [-0.25, -0.2) is 4.79 Å². The van der Waals surface area contributed by atoms with E-state index >= 15 is 0 Å². The van der Waals surface area contributed by atoms with Crippen LogP contribution in [-0.4, -0.2) is 70.6 Å². The van der Waals surface area contributed by atoms with Gasteiger partial charge in [0.15, 0.2) is 0 Å². The smallest absolute Gasteiger partial charge is 0.326 e. The van der Waals surface area contributed by atoms with Gasteiger partial charge in [-0.05, 0) is 19.3 Å². The molecule has 0 fully saturated rings. The fraction of sp³-hybridized carbons (Fsp3) is 0.706. The first-order valence-electron chi connectivity index (χ1n) is 9.23. The van der Waals surface area contributed by atoms with Crippen molar-refractivity contribution in [2.75, 3.05) is 6.61 Å². The molecule has 0 aliphatic heterocycles. The van der Waals surface area contributed by atoms with Crippen LogP contribution in [0.5, 0.6) is 0 Å². The molecule has 9 N–H and O–H groups in total. The highest BCUT2D eigenvalue weighted by Crippen LogP contribution is 2.05. The van der Waals surface area contributed by atoms with Crippen LogP contribution in [-0.2, 0) is 24.0 Å². The quantitative estimate of drug-likeness (QED) is 0.165. The maximum atomic E-state index is 12.2. The lowest BCUT2D eigenvalue weighted by molar-refractivity contribution is -0.143. The second-order valence-corrected chi connectivity index (χ2v) is 6.79. The molecule has 0 aliphatic carbocycles. The van der Waals surface area contributed by atoms with Crippen LogP contribution in [0.4, 0.5) is 0 Å². The molecule has 12 nitrogen and oxygen atoms in total. The molecule has 0 radical (unpaired) electrons. The monoisotopic (exact) mass is 417 g/mol. The molecule has 4 amide bonds. The number of aliphatic hydroxyl groups is 1. The Morgan fingerprint density at radius 2 is 1.48 bits per heavy atom. The van der Waals surface area contributed by atoms with Crippen molar-refractivity contribution in [1.29, 1.82) is 0 Å². The largest absolute Gasteiger partial charge is 0.480 e. The fourth-order valence-electron chi connectivity index (χ4n) is 2.19. The van der Waals surface area contributed by atoms with Crippen LogP contribution >= 0.6 is 0 Å². The Hall–Kier alpha value is -2.73. The third kappa shape index (κ3) is 9.34. The molecule has 0 unspecified atom stereocenters. The van der Waals surface area contributed by atoms with Crippen LogP contribution < -0.4 is 27.4 Å². The van der Waals surface area contributed by atoms with Crippen molar-refractivity contribution in [2.24, 2.45) is 17.4 Å². The number of nitrogens with two attached hydrogens (primary N) is 2. The van der Waals surface area contributed by atoms with Crippen LogP contribution in [0.15, 0.2) is 0 Å². The van der Waals surface area contributed by atoms with Gasteiger partial charge in [0.2, 0.25) is 23.6 Å². The number of carbonyl (C=O) groups excluding carboxylic acids is 4. The maximum Gasteiger partial charge on any atom is 0.326 e. The van der Waals surface area contributed by atoms with E-state index in [1.165, 1.54) is 6.92 Å². The van der Waals surface area contributed by atoms with Gasteiger partial charge < -0.3 is 37.6 Å². The highest BCUT2D eigenvalue weighted by atomic mass is 16.4. The number of primary amides is 1. The summed E-state index contributed by atoms with van der Waals surface area (Å²) >= 11 is 0. The minimum Gasteiger partial charge on any atom is -0.480 e. The topological polar surface area (TPSA) is 214 Å². The number of rotatable bonds is 13. The summed E-state index contributed by atoms with van der Waals surface area (Å²) in [6.45, 7) is 4.22. The predicted molar refractivity (Wildman–Crippen MR) is 102 cm³/mol. The van der Waals surface area contributed by atoms with Crippen molar-refractivity contribution >= 4 is 29.6 Å². The summed E-state index contributed by atoms with van der Waals surface area (Å²) in [5.74, 6) is -4.51. The Morgan fingerprint density at radius 1 is 0.931 bits per heavy atom. The number of carboxylic acid groups (broad SMARTS) is 1. The van der Waals surface area contributed by atoms with Crippen molar-refractivity contribution in [1.82, 2.24) is 16.0 Å². The van der Waals surface area contributed by atoms with Gasteiger partial charge in [0.05, 0.1) is 12.6 Å². The van der Waals surface area contributed by atoms with Gasteiger partial charge >= 0.3 is 5.97 Å². The molecule has 0 aliphatic rings. The molecule has 0 aromatic rings. The van der Waals surface area contributed by atoms with Crippen LogP contribution in [0.2, 0.25) is 0 Å². The highest BCUT2D eigenvalue weighted by molar-refractivity contribution is 5.94. The van der Waals surface area contributed by atoms with Gasteiger partial charge in [0.25, 0.3) is 0 Å². The zero-order chi connectivity index (χ0) is 22.7. The minimum atomic E-state index is -1.46. The third-order valence-corrected chi connectivity index (χ3v) is 4.42. The van der Waals surface area contributed by atoms with Crippen molar-refractivity contribution in [3.05, 3.63) is 0 Å². The average Bonchev–Trinajstić information content (AvgIpc) is 2.66. The van der Waals surface area contributed by atoms with Gasteiger partial charge in [-0.1, -0.05) is 20.3 Å². The number of nitrogens with one attached hydrogen (secondary N) is 3. The highest BCUT2D eigenvalue weighted by Gasteiger charge is 2.29. The summed E-state index contributed by atoms with van der Waals surface area (Å²) in [5, 5.41) is 25.2. The molecule has 0 rings (SSSR count). The lowest BCUT2D eigenvalue weighted by Crippen LogP contribution is -2.57. The molecule has 0 heterocycles. The molecular formula is C17H31N5O7. The lowest BCUT2D eigenvalue weighted by Gasteiger charge is -2.23. The van der Waals surface area contributed by atoms with Crippen LogP contribution in [0.25, 0.3) is 0 Å². The minimum absolute atomic E-state index is 0.102. The van der Waals surface area contributed by atoms with Gasteiger partial charge in [-0.3, -0.25) is 19.2 Å². The van der Waals surface area contributed by atoms with E-state index in [0.717, 1.165) is 0 Å². The van der Waals surface area contributed by atoms with Crippen LogP contribution in [0, 0.1) is 5.92 Å². The number of hydrogen-bond donors (Lipinski definition) is 7. The van der Waals surface area contributed by atoms with E-state index in [-0.39, 0.29) is 18.8 Å². The molecule has 12 heteroatoms. The van der Waals surface area contributed by atoms with Crippen LogP contribution in [0.1, 0.15) is 40.0 Å². The molecule has 0 bridgehead atoms. The van der Waals surface area contributed by atoms with E-state index in [2.05, 4.69) is 16.0 Å². The van der Waals surface area contributed by atoms with Gasteiger partial charge in [0, 0.05) is 6.42 Å². The van der Waals surface area contributed by atoms with Gasteiger partial charge in [-0.2, -0.15) is 0 Å². The summed E-state index contributed by atoms with van der Waals surface area (Å²) in [6.07, 6.45) is 0.151. The Kier molecular flexibility index (Phi) is 11.5.